The second kappa shape index (κ2) is 12.2. The third kappa shape index (κ3) is 4.43. The molecule has 4 aliphatic heterocycles. The van der Waals surface area contributed by atoms with Gasteiger partial charge in [0, 0.05) is 50.6 Å². The maximum atomic E-state index is 2.95. The van der Waals surface area contributed by atoms with E-state index in [1.54, 1.807) is 5.56 Å². The number of rotatable bonds is 3. The SMILES string of the molecule is Cc1ccc(N2c3ccc(C)cc3B3c4c2cc(N2c5ccc(-c6ccccc6)cc5C5(C)CCCCC25C)cc4N2c4c3c(C)cc(C)c4C3(C)CCCCC23C)cc1. The van der Waals surface area contributed by atoms with Crippen LogP contribution in [0.5, 0.6) is 0 Å². The van der Waals surface area contributed by atoms with E-state index < -0.39 is 0 Å². The molecule has 2 aliphatic carbocycles. The van der Waals surface area contributed by atoms with Gasteiger partial charge in [0.2, 0.25) is 0 Å². The van der Waals surface area contributed by atoms with Gasteiger partial charge in [0.15, 0.2) is 0 Å². The highest BCUT2D eigenvalue weighted by Gasteiger charge is 2.63. The summed E-state index contributed by atoms with van der Waals surface area (Å²) in [5.41, 5.74) is 25.2. The van der Waals surface area contributed by atoms with Crippen LogP contribution in [0.4, 0.5) is 39.8 Å². The summed E-state index contributed by atoms with van der Waals surface area (Å²) < 4.78 is 0. The van der Waals surface area contributed by atoms with Crippen LogP contribution in [0.15, 0.2) is 109 Å². The minimum absolute atomic E-state index is 0.0113. The zero-order valence-electron chi connectivity index (χ0n) is 37.0. The Kier molecular flexibility index (Phi) is 7.45. The highest BCUT2D eigenvalue weighted by atomic mass is 15.3. The molecule has 12 rings (SSSR count). The number of benzene rings is 6. The molecule has 6 aromatic carbocycles. The predicted octanol–water partition coefficient (Wildman–Crippen LogP) is 12.7. The van der Waals surface area contributed by atoms with E-state index in [0.29, 0.717) is 0 Å². The van der Waals surface area contributed by atoms with Crippen molar-refractivity contribution in [2.45, 2.75) is 129 Å². The Balaban J connectivity index is 1.20. The molecule has 60 heavy (non-hydrogen) atoms. The Hall–Kier alpha value is -5.22. The van der Waals surface area contributed by atoms with Crippen molar-refractivity contribution >= 4 is 62.9 Å². The van der Waals surface area contributed by atoms with E-state index in [1.807, 2.05) is 0 Å². The lowest BCUT2D eigenvalue weighted by Gasteiger charge is -2.54. The Morgan fingerprint density at radius 2 is 1.13 bits per heavy atom. The molecule has 0 N–H and O–H groups in total. The molecule has 4 heterocycles. The lowest BCUT2D eigenvalue weighted by atomic mass is 9.32. The monoisotopic (exact) mass is 783 g/mol. The Bertz CT molecular complexity index is 2810. The molecule has 4 heteroatoms. The van der Waals surface area contributed by atoms with Crippen molar-refractivity contribution in [2.24, 2.45) is 0 Å². The van der Waals surface area contributed by atoms with E-state index in [0.717, 1.165) is 0 Å². The molecule has 6 aliphatic rings. The van der Waals surface area contributed by atoms with Crippen molar-refractivity contribution in [3.8, 4) is 11.1 Å². The fourth-order valence-electron chi connectivity index (χ4n) is 14.2. The van der Waals surface area contributed by atoms with E-state index in [9.17, 15) is 0 Å². The molecule has 4 unspecified atom stereocenters. The molecule has 3 nitrogen and oxygen atoms in total. The summed E-state index contributed by atoms with van der Waals surface area (Å²) in [5, 5.41) is 0. The molecule has 0 aromatic heterocycles. The van der Waals surface area contributed by atoms with Crippen LogP contribution in [0.25, 0.3) is 11.1 Å². The lowest BCUT2D eigenvalue weighted by Crippen LogP contribution is -2.65. The van der Waals surface area contributed by atoms with E-state index in [1.165, 1.54) is 147 Å². The zero-order valence-corrected chi connectivity index (χ0v) is 37.0. The molecular weight excluding hydrogens is 725 g/mol. The number of anilines is 7. The normalized spacial score (nSPS) is 26.6. The predicted molar refractivity (Wildman–Crippen MR) is 256 cm³/mol. The van der Waals surface area contributed by atoms with E-state index >= 15 is 0 Å². The third-order valence-electron chi connectivity index (χ3n) is 17.5. The van der Waals surface area contributed by atoms with Gasteiger partial charge >= 0.3 is 0 Å². The van der Waals surface area contributed by atoms with Gasteiger partial charge in [-0.25, -0.2) is 0 Å². The first-order valence-electron chi connectivity index (χ1n) is 23.0. The van der Waals surface area contributed by atoms with Crippen LogP contribution in [0.3, 0.4) is 0 Å². The van der Waals surface area contributed by atoms with Crippen molar-refractivity contribution in [2.75, 3.05) is 14.7 Å². The minimum Gasteiger partial charge on any atom is -0.335 e. The number of hydrogen-bond donors (Lipinski definition) is 0. The van der Waals surface area contributed by atoms with E-state index in [2.05, 4.69) is 179 Å². The average molecular weight is 784 g/mol. The van der Waals surface area contributed by atoms with Gasteiger partial charge in [-0.2, -0.15) is 0 Å². The summed E-state index contributed by atoms with van der Waals surface area (Å²) in [6.45, 7) is 19.9. The van der Waals surface area contributed by atoms with Crippen molar-refractivity contribution in [1.29, 1.82) is 0 Å². The smallest absolute Gasteiger partial charge is 0.252 e. The van der Waals surface area contributed by atoms with Crippen LogP contribution < -0.4 is 31.1 Å². The van der Waals surface area contributed by atoms with Crippen LogP contribution >= 0.6 is 0 Å². The van der Waals surface area contributed by atoms with Gasteiger partial charge in [-0.15, -0.1) is 0 Å². The molecule has 2 saturated carbocycles. The van der Waals surface area contributed by atoms with Crippen LogP contribution in [0.2, 0.25) is 0 Å². The molecule has 0 spiro atoms. The summed E-state index contributed by atoms with van der Waals surface area (Å²) in [5.74, 6) is 0. The number of nitrogens with zero attached hydrogens (tertiary/aromatic N) is 3. The molecular formula is C56H58BN3. The highest BCUT2D eigenvalue weighted by Crippen LogP contribution is 2.65. The van der Waals surface area contributed by atoms with Gasteiger partial charge in [0.05, 0.1) is 11.1 Å². The first-order valence-corrected chi connectivity index (χ1v) is 23.0. The summed E-state index contributed by atoms with van der Waals surface area (Å²) in [7, 11) is 0. The number of hydrogen-bond acceptors (Lipinski definition) is 3. The largest absolute Gasteiger partial charge is 0.335 e. The van der Waals surface area contributed by atoms with Gasteiger partial charge in [-0.05, 0) is 154 Å². The van der Waals surface area contributed by atoms with Crippen LogP contribution in [-0.2, 0) is 10.8 Å². The number of fused-ring (bicyclic) bond motifs is 10. The molecule has 6 aromatic rings. The second-order valence-electron chi connectivity index (χ2n) is 20.6. The van der Waals surface area contributed by atoms with Crippen LogP contribution in [-0.4, -0.2) is 17.8 Å². The zero-order chi connectivity index (χ0) is 41.1. The quantitative estimate of drug-likeness (QED) is 0.165. The Labute approximate surface area is 358 Å². The molecule has 0 amide bonds. The second-order valence-corrected chi connectivity index (χ2v) is 20.6. The molecule has 300 valence electrons. The Morgan fingerprint density at radius 3 is 1.88 bits per heavy atom. The summed E-state index contributed by atoms with van der Waals surface area (Å²) in [4.78, 5) is 8.43. The van der Waals surface area contributed by atoms with Crippen molar-refractivity contribution in [3.63, 3.8) is 0 Å². The van der Waals surface area contributed by atoms with Gasteiger partial charge in [0.1, 0.15) is 0 Å². The standard InChI is InChI=1S/C56H58BN3/c1-35-18-22-41(23-19-35)58-46-24-20-36(2)30-44(46)57-50-38(4)31-37(3)49-52(50)60(56(8)29-15-13-27-54(49,56)6)48-34-42(33-47(58)51(48)57)59-45-25-21-40(39-16-10-9-11-17-39)32-43(45)53(5)26-12-14-28-55(53,59)7/h9-11,16-25,30-34H,12-15,26-29H2,1-8H3. The fraction of sp³-hybridized carbons (Fsp3) is 0.357. The maximum absolute atomic E-state index is 2.95. The van der Waals surface area contributed by atoms with E-state index in [4.69, 9.17) is 0 Å². The van der Waals surface area contributed by atoms with Crippen LogP contribution in [0, 0.1) is 27.7 Å². The average Bonchev–Trinajstić information content (AvgIpc) is 3.59. The van der Waals surface area contributed by atoms with E-state index in [-0.39, 0.29) is 28.6 Å². The van der Waals surface area contributed by atoms with Crippen molar-refractivity contribution in [3.05, 3.63) is 143 Å². The topological polar surface area (TPSA) is 9.72 Å². The lowest BCUT2D eigenvalue weighted by molar-refractivity contribution is 0.193. The molecule has 2 fully saturated rings. The Morgan fingerprint density at radius 1 is 0.483 bits per heavy atom. The summed E-state index contributed by atoms with van der Waals surface area (Å²) in [6, 6.07) is 42.9. The first-order chi connectivity index (χ1) is 28.9. The molecule has 0 bridgehead atoms. The third-order valence-corrected chi connectivity index (χ3v) is 17.5. The number of aryl methyl sites for hydroxylation is 4. The highest BCUT2D eigenvalue weighted by molar-refractivity contribution is 7.00. The van der Waals surface area contributed by atoms with Gasteiger partial charge < -0.3 is 14.7 Å². The first kappa shape index (κ1) is 36.6. The van der Waals surface area contributed by atoms with Gasteiger partial charge in [0.25, 0.3) is 6.71 Å². The summed E-state index contributed by atoms with van der Waals surface area (Å²) >= 11 is 0. The maximum Gasteiger partial charge on any atom is 0.252 e. The molecule has 0 saturated heterocycles. The van der Waals surface area contributed by atoms with Gasteiger partial charge in [-0.1, -0.05) is 123 Å². The summed E-state index contributed by atoms with van der Waals surface area (Å²) in [6.07, 6.45) is 9.88. The molecule has 4 atom stereocenters. The van der Waals surface area contributed by atoms with Gasteiger partial charge in [-0.3, -0.25) is 0 Å². The minimum atomic E-state index is -0.0825. The van der Waals surface area contributed by atoms with Crippen molar-refractivity contribution in [1.82, 2.24) is 0 Å². The fourth-order valence-corrected chi connectivity index (χ4v) is 14.2. The van der Waals surface area contributed by atoms with Crippen LogP contribution in [0.1, 0.15) is 112 Å². The van der Waals surface area contributed by atoms with Crippen molar-refractivity contribution < 1.29 is 0 Å². The molecule has 0 radical (unpaired) electrons.